The van der Waals surface area contributed by atoms with Gasteiger partial charge >= 0.3 is 0 Å². The molecular weight excluding hydrogens is 583 g/mol. The highest BCUT2D eigenvalue weighted by atomic mass is 15.7. The predicted molar refractivity (Wildman–Crippen MR) is 197 cm³/mol. The number of hydrazine groups is 1. The van der Waals surface area contributed by atoms with Gasteiger partial charge in [-0.3, -0.25) is 5.01 Å². The van der Waals surface area contributed by atoms with E-state index in [2.05, 4.69) is 197 Å². The summed E-state index contributed by atoms with van der Waals surface area (Å²) in [4.78, 5) is 0. The van der Waals surface area contributed by atoms with E-state index in [4.69, 9.17) is 0 Å². The minimum absolute atomic E-state index is 0.0156. The standard InChI is InChI=1S/C45H33N3/c1-5-17-31(18-6-1)43-44(48(46-43)34-23-11-4-12-24-34)47-41-28-16-14-26-36(41)38-29-37-35-25-13-15-27-39(35)45(40(37)30-42(38)47,32-19-7-2-8-20-32)33-21-9-3-10-22-33/h1-30,43-44,46H. The van der Waals surface area contributed by atoms with E-state index in [1.807, 2.05) is 0 Å². The van der Waals surface area contributed by atoms with Crippen LogP contribution in [0.5, 0.6) is 0 Å². The van der Waals surface area contributed by atoms with Crippen LogP contribution in [0.1, 0.15) is 40.0 Å². The number of anilines is 1. The fourth-order valence-corrected chi connectivity index (χ4v) is 8.56. The van der Waals surface area contributed by atoms with Crippen LogP contribution in [-0.2, 0) is 5.41 Å². The first-order valence-corrected chi connectivity index (χ1v) is 16.8. The lowest BCUT2D eigenvalue weighted by Gasteiger charge is -2.51. The molecule has 48 heavy (non-hydrogen) atoms. The third-order valence-electron chi connectivity index (χ3n) is 10.6. The summed E-state index contributed by atoms with van der Waals surface area (Å²) in [5, 5.41) is 4.90. The van der Waals surface area contributed by atoms with Gasteiger partial charge in [-0.2, -0.15) is 0 Å². The Bertz CT molecular complexity index is 2350. The topological polar surface area (TPSA) is 20.2 Å². The highest BCUT2D eigenvalue weighted by Gasteiger charge is 2.47. The van der Waals surface area contributed by atoms with E-state index in [1.54, 1.807) is 0 Å². The summed E-state index contributed by atoms with van der Waals surface area (Å²) in [5.74, 6) is 0. The van der Waals surface area contributed by atoms with Crippen LogP contribution in [0.2, 0.25) is 0 Å². The van der Waals surface area contributed by atoms with Crippen LogP contribution in [0.4, 0.5) is 5.69 Å². The SMILES string of the molecule is c1ccc(C2NN(c3ccccc3)C2n2c3ccccc3c3cc4c(cc32)C(c2ccccc2)(c2ccccc2)c2ccccc2-4)cc1. The predicted octanol–water partition coefficient (Wildman–Crippen LogP) is 10.4. The maximum Gasteiger partial charge on any atom is 0.142 e. The third kappa shape index (κ3) is 3.74. The van der Waals surface area contributed by atoms with Crippen molar-refractivity contribution >= 4 is 27.5 Å². The Labute approximate surface area is 280 Å². The average Bonchev–Trinajstić information content (AvgIpc) is 3.62. The molecule has 1 aliphatic carbocycles. The number of nitrogens with one attached hydrogen (secondary N) is 1. The van der Waals surface area contributed by atoms with E-state index in [9.17, 15) is 0 Å². The quantitative estimate of drug-likeness (QED) is 0.208. The van der Waals surface area contributed by atoms with Crippen molar-refractivity contribution in [2.75, 3.05) is 5.01 Å². The second-order valence-corrected chi connectivity index (χ2v) is 13.0. The molecule has 2 aliphatic rings. The number of hydrogen-bond acceptors (Lipinski definition) is 2. The molecule has 10 rings (SSSR count). The van der Waals surface area contributed by atoms with Gasteiger partial charge in [0, 0.05) is 10.8 Å². The molecule has 2 heterocycles. The molecule has 2 atom stereocenters. The fraction of sp³-hybridized carbons (Fsp3) is 0.0667. The Morgan fingerprint density at radius 3 is 1.75 bits per heavy atom. The van der Waals surface area contributed by atoms with Crippen LogP contribution < -0.4 is 10.4 Å². The minimum atomic E-state index is -0.459. The summed E-state index contributed by atoms with van der Waals surface area (Å²) in [7, 11) is 0. The summed E-state index contributed by atoms with van der Waals surface area (Å²) in [6.45, 7) is 0. The van der Waals surface area contributed by atoms with Gasteiger partial charge in [-0.15, -0.1) is 0 Å². The Morgan fingerprint density at radius 1 is 0.458 bits per heavy atom. The maximum absolute atomic E-state index is 3.83. The van der Waals surface area contributed by atoms with Gasteiger partial charge in [-0.25, -0.2) is 5.43 Å². The van der Waals surface area contributed by atoms with Crippen LogP contribution in [0.3, 0.4) is 0 Å². The van der Waals surface area contributed by atoms with Gasteiger partial charge in [0.05, 0.1) is 28.2 Å². The number of rotatable bonds is 5. The van der Waals surface area contributed by atoms with Crippen LogP contribution in [-0.4, -0.2) is 4.57 Å². The van der Waals surface area contributed by atoms with Gasteiger partial charge in [-0.05, 0) is 69.3 Å². The molecule has 1 fully saturated rings. The van der Waals surface area contributed by atoms with E-state index in [0.717, 1.165) is 5.69 Å². The van der Waals surface area contributed by atoms with E-state index in [1.165, 1.54) is 60.8 Å². The smallest absolute Gasteiger partial charge is 0.142 e. The van der Waals surface area contributed by atoms with Gasteiger partial charge < -0.3 is 4.57 Å². The van der Waals surface area contributed by atoms with E-state index in [0.29, 0.717) is 0 Å². The molecular formula is C45H33N3. The van der Waals surface area contributed by atoms with Crippen molar-refractivity contribution in [1.82, 2.24) is 9.99 Å². The van der Waals surface area contributed by atoms with Crippen LogP contribution >= 0.6 is 0 Å². The maximum atomic E-state index is 3.83. The highest BCUT2D eigenvalue weighted by Crippen LogP contribution is 2.58. The largest absolute Gasteiger partial charge is 0.316 e. The lowest BCUT2D eigenvalue weighted by atomic mass is 9.67. The molecule has 8 aromatic rings. The lowest BCUT2D eigenvalue weighted by Crippen LogP contribution is -2.60. The summed E-state index contributed by atoms with van der Waals surface area (Å²) in [5.41, 5.74) is 16.1. The van der Waals surface area contributed by atoms with Crippen LogP contribution in [0.25, 0.3) is 32.9 Å². The number of nitrogens with zero attached hydrogens (tertiary/aromatic N) is 2. The Hall–Kier alpha value is -5.90. The Kier molecular flexibility index (Phi) is 5.99. The van der Waals surface area contributed by atoms with Crippen molar-refractivity contribution in [3.63, 3.8) is 0 Å². The zero-order chi connectivity index (χ0) is 31.7. The van der Waals surface area contributed by atoms with Gasteiger partial charge in [0.1, 0.15) is 6.17 Å². The molecule has 1 aromatic heterocycles. The van der Waals surface area contributed by atoms with Gasteiger partial charge in [-0.1, -0.05) is 152 Å². The van der Waals surface area contributed by atoms with Crippen molar-refractivity contribution in [3.05, 3.63) is 210 Å². The van der Waals surface area contributed by atoms with Crippen molar-refractivity contribution in [2.45, 2.75) is 17.6 Å². The fourth-order valence-electron chi connectivity index (χ4n) is 8.56. The molecule has 1 saturated heterocycles. The summed E-state index contributed by atoms with van der Waals surface area (Å²) in [6, 6.07) is 66.8. The Morgan fingerprint density at radius 2 is 1.04 bits per heavy atom. The molecule has 0 saturated carbocycles. The number of hydrogen-bond donors (Lipinski definition) is 1. The monoisotopic (exact) mass is 615 g/mol. The molecule has 0 spiro atoms. The second kappa shape index (κ2) is 10.6. The minimum Gasteiger partial charge on any atom is -0.316 e. The first kappa shape index (κ1) is 27.2. The molecule has 3 heteroatoms. The van der Waals surface area contributed by atoms with Gasteiger partial charge in [0.2, 0.25) is 0 Å². The molecule has 3 nitrogen and oxygen atoms in total. The molecule has 7 aromatic carbocycles. The number of para-hydroxylation sites is 2. The molecule has 0 bridgehead atoms. The molecule has 2 unspecified atom stereocenters. The molecule has 0 amide bonds. The normalized spacial score (nSPS) is 17.6. The molecule has 228 valence electrons. The van der Waals surface area contributed by atoms with Crippen molar-refractivity contribution in [1.29, 1.82) is 0 Å². The van der Waals surface area contributed by atoms with E-state index in [-0.39, 0.29) is 12.2 Å². The summed E-state index contributed by atoms with van der Waals surface area (Å²) in [6.07, 6.45) is 0.0156. The second-order valence-electron chi connectivity index (χ2n) is 13.0. The average molecular weight is 616 g/mol. The number of benzene rings is 7. The third-order valence-corrected chi connectivity index (χ3v) is 10.6. The molecule has 1 aliphatic heterocycles. The molecule has 1 N–H and O–H groups in total. The van der Waals surface area contributed by atoms with Gasteiger partial charge in [0.15, 0.2) is 0 Å². The lowest BCUT2D eigenvalue weighted by molar-refractivity contribution is 0.212. The Balaban J connectivity index is 1.31. The highest BCUT2D eigenvalue weighted by molar-refractivity contribution is 6.11. The van der Waals surface area contributed by atoms with Crippen LogP contribution in [0.15, 0.2) is 182 Å². The van der Waals surface area contributed by atoms with E-state index < -0.39 is 5.41 Å². The van der Waals surface area contributed by atoms with Crippen LogP contribution in [0, 0.1) is 0 Å². The first-order valence-electron chi connectivity index (χ1n) is 16.8. The number of fused-ring (bicyclic) bond motifs is 6. The zero-order valence-corrected chi connectivity index (χ0v) is 26.4. The van der Waals surface area contributed by atoms with Gasteiger partial charge in [0.25, 0.3) is 0 Å². The van der Waals surface area contributed by atoms with E-state index >= 15 is 0 Å². The number of aromatic nitrogens is 1. The summed E-state index contributed by atoms with van der Waals surface area (Å²) < 4.78 is 2.59. The summed E-state index contributed by atoms with van der Waals surface area (Å²) >= 11 is 0. The zero-order valence-electron chi connectivity index (χ0n) is 26.4. The van der Waals surface area contributed by atoms with Crippen molar-refractivity contribution in [2.24, 2.45) is 0 Å². The molecule has 0 radical (unpaired) electrons. The van der Waals surface area contributed by atoms with Crippen molar-refractivity contribution < 1.29 is 0 Å². The van der Waals surface area contributed by atoms with Crippen molar-refractivity contribution in [3.8, 4) is 11.1 Å². The first-order chi connectivity index (χ1) is 23.8.